The standard InChI is InChI=1S/C22H25N3O3S3/c1-16-5-10-19-20(15-16)30-22(25(19)13-14-29-2)23-21(26)17-6-8-18(9-7-17)31(27,28)24-11-3-4-12-24/h5-10,15H,3-4,11-14H2,1-2H3. The molecular weight excluding hydrogens is 450 g/mol. The summed E-state index contributed by atoms with van der Waals surface area (Å²) in [4.78, 5) is 18.1. The fourth-order valence-electron chi connectivity index (χ4n) is 3.66. The Morgan fingerprint density at radius 1 is 1.13 bits per heavy atom. The summed E-state index contributed by atoms with van der Waals surface area (Å²) in [6.07, 6.45) is 3.83. The Morgan fingerprint density at radius 2 is 1.84 bits per heavy atom. The van der Waals surface area contributed by atoms with Crippen LogP contribution in [0.2, 0.25) is 0 Å². The number of sulfonamides is 1. The lowest BCUT2D eigenvalue weighted by molar-refractivity contribution is 0.0997. The molecule has 1 aromatic heterocycles. The molecular formula is C22H25N3O3S3. The lowest BCUT2D eigenvalue weighted by Gasteiger charge is -2.15. The predicted molar refractivity (Wildman–Crippen MR) is 127 cm³/mol. The van der Waals surface area contributed by atoms with Gasteiger partial charge < -0.3 is 4.57 Å². The van der Waals surface area contributed by atoms with E-state index in [0.717, 1.165) is 35.4 Å². The molecule has 1 aliphatic heterocycles. The number of rotatable bonds is 6. The first-order chi connectivity index (χ1) is 14.9. The summed E-state index contributed by atoms with van der Waals surface area (Å²) in [6.45, 7) is 3.92. The molecule has 0 N–H and O–H groups in total. The third-order valence-corrected chi connectivity index (χ3v) is 8.90. The van der Waals surface area contributed by atoms with Gasteiger partial charge in [-0.15, -0.1) is 0 Å². The number of benzene rings is 2. The van der Waals surface area contributed by atoms with Crippen LogP contribution in [0.25, 0.3) is 10.2 Å². The van der Waals surface area contributed by atoms with E-state index in [1.807, 2.05) is 6.92 Å². The van der Waals surface area contributed by atoms with Gasteiger partial charge >= 0.3 is 0 Å². The quantitative estimate of drug-likeness (QED) is 0.542. The van der Waals surface area contributed by atoms with E-state index < -0.39 is 10.0 Å². The molecule has 0 saturated carbocycles. The van der Waals surface area contributed by atoms with Gasteiger partial charge in [0.2, 0.25) is 10.0 Å². The van der Waals surface area contributed by atoms with Gasteiger partial charge in [-0.3, -0.25) is 4.79 Å². The van der Waals surface area contributed by atoms with Crippen LogP contribution in [-0.4, -0.2) is 48.3 Å². The highest BCUT2D eigenvalue weighted by molar-refractivity contribution is 7.98. The van der Waals surface area contributed by atoms with Gasteiger partial charge in [-0.05, 0) is 68.0 Å². The zero-order valence-electron chi connectivity index (χ0n) is 17.6. The minimum absolute atomic E-state index is 0.221. The van der Waals surface area contributed by atoms with E-state index in [1.54, 1.807) is 23.9 Å². The molecule has 2 aromatic carbocycles. The second-order valence-electron chi connectivity index (χ2n) is 7.55. The van der Waals surface area contributed by atoms with Gasteiger partial charge in [0.15, 0.2) is 4.80 Å². The van der Waals surface area contributed by atoms with Crippen LogP contribution >= 0.6 is 23.1 Å². The Bertz CT molecular complexity index is 1270. The van der Waals surface area contributed by atoms with Gasteiger partial charge in [0, 0.05) is 31.0 Å². The highest BCUT2D eigenvalue weighted by Gasteiger charge is 2.27. The first-order valence-corrected chi connectivity index (χ1v) is 13.8. The maximum atomic E-state index is 12.9. The Balaban J connectivity index is 1.66. The smallest absolute Gasteiger partial charge is 0.279 e. The summed E-state index contributed by atoms with van der Waals surface area (Å²) in [5, 5.41) is 0. The summed E-state index contributed by atoms with van der Waals surface area (Å²) >= 11 is 3.25. The summed E-state index contributed by atoms with van der Waals surface area (Å²) in [5.41, 5.74) is 2.62. The molecule has 6 nitrogen and oxygen atoms in total. The molecule has 4 rings (SSSR count). The Hall–Kier alpha value is -1.94. The molecule has 31 heavy (non-hydrogen) atoms. The number of aryl methyl sites for hydroxylation is 2. The number of hydrogen-bond acceptors (Lipinski definition) is 5. The monoisotopic (exact) mass is 475 g/mol. The number of fused-ring (bicyclic) bond motifs is 1. The fourth-order valence-corrected chi connectivity index (χ4v) is 6.70. The van der Waals surface area contributed by atoms with E-state index in [2.05, 4.69) is 34.0 Å². The Kier molecular flexibility index (Phi) is 6.66. The average Bonchev–Trinajstić information content (AvgIpc) is 3.41. The number of hydrogen-bond donors (Lipinski definition) is 0. The normalized spacial score (nSPS) is 15.7. The zero-order chi connectivity index (χ0) is 22.0. The van der Waals surface area contributed by atoms with Crippen molar-refractivity contribution in [3.05, 3.63) is 58.4 Å². The van der Waals surface area contributed by atoms with Crippen molar-refractivity contribution in [1.29, 1.82) is 0 Å². The van der Waals surface area contributed by atoms with Crippen LogP contribution in [0.3, 0.4) is 0 Å². The molecule has 0 bridgehead atoms. The minimum Gasteiger partial charge on any atom is -0.316 e. The van der Waals surface area contributed by atoms with Crippen molar-refractivity contribution < 1.29 is 13.2 Å². The number of nitrogens with zero attached hydrogens (tertiary/aromatic N) is 3. The van der Waals surface area contributed by atoms with Crippen LogP contribution in [-0.2, 0) is 16.6 Å². The first kappa shape index (κ1) is 22.3. The molecule has 0 aliphatic carbocycles. The summed E-state index contributed by atoms with van der Waals surface area (Å²) in [5.74, 6) is 0.552. The van der Waals surface area contributed by atoms with E-state index in [9.17, 15) is 13.2 Å². The van der Waals surface area contributed by atoms with E-state index in [1.165, 1.54) is 33.3 Å². The number of aromatic nitrogens is 1. The molecule has 0 atom stereocenters. The molecule has 1 amide bonds. The van der Waals surface area contributed by atoms with E-state index in [0.29, 0.717) is 23.5 Å². The third-order valence-electron chi connectivity index (χ3n) is 5.36. The second kappa shape index (κ2) is 9.28. The van der Waals surface area contributed by atoms with Gasteiger partial charge in [-0.25, -0.2) is 8.42 Å². The molecule has 164 valence electrons. The number of thiazole rings is 1. The van der Waals surface area contributed by atoms with Crippen molar-refractivity contribution in [1.82, 2.24) is 8.87 Å². The molecule has 3 aromatic rings. The van der Waals surface area contributed by atoms with Crippen LogP contribution in [0.1, 0.15) is 28.8 Å². The van der Waals surface area contributed by atoms with Crippen molar-refractivity contribution >= 4 is 49.2 Å². The van der Waals surface area contributed by atoms with Crippen LogP contribution in [0.5, 0.6) is 0 Å². The van der Waals surface area contributed by atoms with Crippen LogP contribution < -0.4 is 4.80 Å². The number of carbonyl (C=O) groups is 1. The number of thioether (sulfide) groups is 1. The molecule has 9 heteroatoms. The third kappa shape index (κ3) is 4.64. The van der Waals surface area contributed by atoms with Crippen molar-refractivity contribution in [2.75, 3.05) is 25.1 Å². The molecule has 1 aliphatic rings. The average molecular weight is 476 g/mol. The first-order valence-electron chi connectivity index (χ1n) is 10.2. The van der Waals surface area contributed by atoms with Gasteiger partial charge in [0.1, 0.15) is 0 Å². The van der Waals surface area contributed by atoms with Gasteiger partial charge in [0.05, 0.1) is 15.1 Å². The largest absolute Gasteiger partial charge is 0.316 e. The van der Waals surface area contributed by atoms with Gasteiger partial charge in [-0.1, -0.05) is 17.4 Å². The minimum atomic E-state index is -3.49. The molecule has 0 spiro atoms. The Labute approximate surface area is 190 Å². The second-order valence-corrected chi connectivity index (χ2v) is 11.5. The number of carbonyl (C=O) groups excluding carboxylic acids is 1. The fraction of sp³-hybridized carbons (Fsp3) is 0.364. The van der Waals surface area contributed by atoms with Crippen LogP contribution in [0.15, 0.2) is 52.4 Å². The van der Waals surface area contributed by atoms with Crippen molar-refractivity contribution in [3.63, 3.8) is 0 Å². The van der Waals surface area contributed by atoms with E-state index >= 15 is 0 Å². The molecule has 0 radical (unpaired) electrons. The van der Waals surface area contributed by atoms with Crippen molar-refractivity contribution in [2.45, 2.75) is 31.2 Å². The molecule has 0 unspecified atom stereocenters. The van der Waals surface area contributed by atoms with Crippen LogP contribution in [0, 0.1) is 6.92 Å². The lowest BCUT2D eigenvalue weighted by Crippen LogP contribution is -2.27. The van der Waals surface area contributed by atoms with E-state index in [-0.39, 0.29) is 10.8 Å². The predicted octanol–water partition coefficient (Wildman–Crippen LogP) is 3.90. The summed E-state index contributed by atoms with van der Waals surface area (Å²) in [7, 11) is -3.49. The topological polar surface area (TPSA) is 71.7 Å². The van der Waals surface area contributed by atoms with Gasteiger partial charge in [0.25, 0.3) is 5.91 Å². The summed E-state index contributed by atoms with van der Waals surface area (Å²) < 4.78 is 30.1. The Morgan fingerprint density at radius 3 is 2.52 bits per heavy atom. The molecule has 1 fully saturated rings. The highest BCUT2D eigenvalue weighted by atomic mass is 32.2. The molecule has 1 saturated heterocycles. The van der Waals surface area contributed by atoms with Gasteiger partial charge in [-0.2, -0.15) is 21.1 Å². The zero-order valence-corrected chi connectivity index (χ0v) is 20.0. The SMILES string of the molecule is CSCCn1c(=NC(=O)c2ccc(S(=O)(=O)N3CCCC3)cc2)sc2cc(C)ccc21. The van der Waals surface area contributed by atoms with Crippen molar-refractivity contribution in [2.24, 2.45) is 4.99 Å². The van der Waals surface area contributed by atoms with Crippen molar-refractivity contribution in [3.8, 4) is 0 Å². The lowest BCUT2D eigenvalue weighted by atomic mass is 10.2. The summed E-state index contributed by atoms with van der Waals surface area (Å²) in [6, 6.07) is 12.4. The van der Waals surface area contributed by atoms with Crippen LogP contribution in [0.4, 0.5) is 0 Å². The van der Waals surface area contributed by atoms with E-state index in [4.69, 9.17) is 0 Å². The molecule has 2 heterocycles. The highest BCUT2D eigenvalue weighted by Crippen LogP contribution is 2.22. The maximum Gasteiger partial charge on any atom is 0.279 e. The number of amides is 1. The maximum absolute atomic E-state index is 12.9.